The smallest absolute Gasteiger partial charge is 0.244 e. The van der Waals surface area contributed by atoms with E-state index < -0.39 is 28.5 Å². The number of hydrogen-bond donors (Lipinski definition) is 1. The highest BCUT2D eigenvalue weighted by Gasteiger charge is 2.31. The van der Waals surface area contributed by atoms with Crippen LogP contribution in [-0.4, -0.2) is 50.0 Å². The third-order valence-electron chi connectivity index (χ3n) is 5.93. The number of benzene rings is 2. The maximum Gasteiger partial charge on any atom is 0.244 e. The van der Waals surface area contributed by atoms with Crippen molar-refractivity contribution in [1.29, 1.82) is 0 Å². The second kappa shape index (κ2) is 11.6. The fourth-order valence-corrected chi connectivity index (χ4v) is 5.22. The summed E-state index contributed by atoms with van der Waals surface area (Å²) in [6.45, 7) is 1.41. The van der Waals surface area contributed by atoms with E-state index in [1.165, 1.54) is 4.90 Å². The molecule has 0 bridgehead atoms. The number of carbonyl (C=O) groups is 2. The summed E-state index contributed by atoms with van der Waals surface area (Å²) in [4.78, 5) is 28.0. The van der Waals surface area contributed by atoms with Crippen molar-refractivity contribution in [2.45, 2.75) is 51.2 Å². The number of nitrogens with zero attached hydrogens (tertiary/aromatic N) is 2. The van der Waals surface area contributed by atoms with E-state index in [4.69, 9.17) is 11.6 Å². The van der Waals surface area contributed by atoms with Crippen LogP contribution in [0.15, 0.2) is 53.0 Å². The van der Waals surface area contributed by atoms with Gasteiger partial charge < -0.3 is 10.2 Å². The number of hydrogen-bond acceptors (Lipinski definition) is 4. The van der Waals surface area contributed by atoms with Crippen LogP contribution in [-0.2, 0) is 26.2 Å². The summed E-state index contributed by atoms with van der Waals surface area (Å²) >= 11 is 9.34. The molecule has 1 unspecified atom stereocenters. The van der Waals surface area contributed by atoms with E-state index in [-0.39, 0.29) is 18.5 Å². The van der Waals surface area contributed by atoms with Crippen molar-refractivity contribution in [3.63, 3.8) is 0 Å². The topological polar surface area (TPSA) is 86.8 Å². The van der Waals surface area contributed by atoms with Crippen molar-refractivity contribution in [2.75, 3.05) is 17.1 Å². The van der Waals surface area contributed by atoms with Gasteiger partial charge in [0.15, 0.2) is 0 Å². The predicted molar refractivity (Wildman–Crippen MR) is 138 cm³/mol. The zero-order valence-electron chi connectivity index (χ0n) is 19.2. The first-order chi connectivity index (χ1) is 16.0. The summed E-state index contributed by atoms with van der Waals surface area (Å²) < 4.78 is 27.0. The number of carbonyl (C=O) groups excluding carboxylic acids is 2. The molecule has 34 heavy (non-hydrogen) atoms. The monoisotopic (exact) mass is 569 g/mol. The molecule has 1 saturated carbocycles. The van der Waals surface area contributed by atoms with Crippen LogP contribution in [0.3, 0.4) is 0 Å². The third kappa shape index (κ3) is 7.20. The van der Waals surface area contributed by atoms with Crippen molar-refractivity contribution >= 4 is 55.1 Å². The Kier molecular flexibility index (Phi) is 9.01. The Morgan fingerprint density at radius 2 is 1.68 bits per heavy atom. The van der Waals surface area contributed by atoms with Gasteiger partial charge in [-0.1, -0.05) is 52.5 Å². The average Bonchev–Trinajstić information content (AvgIpc) is 3.29. The molecule has 7 nitrogen and oxygen atoms in total. The number of anilines is 1. The van der Waals surface area contributed by atoms with Crippen LogP contribution in [0.25, 0.3) is 0 Å². The molecule has 1 aliphatic rings. The molecule has 1 N–H and O–H groups in total. The van der Waals surface area contributed by atoms with E-state index in [1.54, 1.807) is 31.2 Å². The maximum absolute atomic E-state index is 13.5. The van der Waals surface area contributed by atoms with Gasteiger partial charge in [0, 0.05) is 22.1 Å². The number of rotatable bonds is 9. The summed E-state index contributed by atoms with van der Waals surface area (Å²) in [6, 6.07) is 13.0. The lowest BCUT2D eigenvalue weighted by Gasteiger charge is -2.32. The van der Waals surface area contributed by atoms with E-state index in [9.17, 15) is 18.0 Å². The van der Waals surface area contributed by atoms with Crippen molar-refractivity contribution in [1.82, 2.24) is 10.2 Å². The molecule has 0 spiro atoms. The minimum atomic E-state index is -3.77. The van der Waals surface area contributed by atoms with E-state index in [2.05, 4.69) is 21.2 Å². The van der Waals surface area contributed by atoms with Crippen molar-refractivity contribution in [2.24, 2.45) is 0 Å². The van der Waals surface area contributed by atoms with E-state index in [0.29, 0.717) is 10.7 Å². The van der Waals surface area contributed by atoms with Gasteiger partial charge in [-0.2, -0.15) is 0 Å². The Morgan fingerprint density at radius 1 is 1.09 bits per heavy atom. The van der Waals surface area contributed by atoms with Crippen LogP contribution >= 0.6 is 27.5 Å². The lowest BCUT2D eigenvalue weighted by molar-refractivity contribution is -0.139. The predicted octanol–water partition coefficient (Wildman–Crippen LogP) is 4.34. The van der Waals surface area contributed by atoms with Crippen LogP contribution < -0.4 is 9.62 Å². The highest BCUT2D eigenvalue weighted by molar-refractivity contribution is 9.10. The second-order valence-electron chi connectivity index (χ2n) is 8.56. The van der Waals surface area contributed by atoms with Gasteiger partial charge in [0.05, 0.1) is 11.9 Å². The number of amides is 2. The Hall–Kier alpha value is -2.10. The first kappa shape index (κ1) is 26.5. The molecule has 1 atom stereocenters. The van der Waals surface area contributed by atoms with Gasteiger partial charge in [-0.05, 0) is 61.7 Å². The normalized spacial score (nSPS) is 15.1. The fraction of sp³-hybridized carbons (Fsp3) is 0.417. The lowest BCUT2D eigenvalue weighted by atomic mass is 10.1. The Labute approximate surface area is 214 Å². The van der Waals surface area contributed by atoms with Gasteiger partial charge in [0.1, 0.15) is 12.6 Å². The maximum atomic E-state index is 13.5. The molecular weight excluding hydrogens is 542 g/mol. The standard InChI is InChI=1S/C24H29BrClN3O4S/c1-17(24(31)27-21-5-3-4-6-21)28(15-18-7-9-19(25)10-8-18)23(30)16-29(34(2,32)33)22-13-11-20(26)12-14-22/h7-14,17,21H,3-6,15-16H2,1-2H3,(H,27,31). The number of halogens is 2. The molecule has 0 radical (unpaired) electrons. The molecule has 1 fully saturated rings. The average molecular weight is 571 g/mol. The molecule has 0 heterocycles. The summed E-state index contributed by atoms with van der Waals surface area (Å²) in [5.41, 5.74) is 1.15. The first-order valence-electron chi connectivity index (χ1n) is 11.1. The van der Waals surface area contributed by atoms with Crippen LogP contribution in [0.1, 0.15) is 38.2 Å². The van der Waals surface area contributed by atoms with E-state index in [1.807, 2.05) is 24.3 Å². The van der Waals surface area contributed by atoms with Crippen LogP contribution in [0.5, 0.6) is 0 Å². The zero-order chi connectivity index (χ0) is 24.9. The van der Waals surface area contributed by atoms with Gasteiger partial charge >= 0.3 is 0 Å². The summed E-state index contributed by atoms with van der Waals surface area (Å²) in [5.74, 6) is -0.716. The minimum Gasteiger partial charge on any atom is -0.352 e. The Balaban J connectivity index is 1.86. The molecule has 0 aromatic heterocycles. The summed E-state index contributed by atoms with van der Waals surface area (Å²) in [6.07, 6.45) is 5.05. The van der Waals surface area contributed by atoms with Crippen LogP contribution in [0, 0.1) is 0 Å². The Bertz CT molecular complexity index is 1100. The highest BCUT2D eigenvalue weighted by atomic mass is 79.9. The molecule has 1 aliphatic carbocycles. The lowest BCUT2D eigenvalue weighted by Crippen LogP contribution is -2.52. The number of nitrogens with one attached hydrogen (secondary N) is 1. The largest absolute Gasteiger partial charge is 0.352 e. The molecule has 2 amide bonds. The van der Waals surface area contributed by atoms with Gasteiger partial charge in [-0.25, -0.2) is 8.42 Å². The quantitative estimate of drug-likeness (QED) is 0.486. The fourth-order valence-electron chi connectivity index (χ4n) is 3.98. The molecule has 10 heteroatoms. The van der Waals surface area contributed by atoms with Crippen molar-refractivity contribution in [3.05, 3.63) is 63.6 Å². The number of sulfonamides is 1. The first-order valence-corrected chi connectivity index (χ1v) is 14.1. The highest BCUT2D eigenvalue weighted by Crippen LogP contribution is 2.22. The van der Waals surface area contributed by atoms with E-state index >= 15 is 0 Å². The minimum absolute atomic E-state index is 0.112. The SMILES string of the molecule is CC(C(=O)NC1CCCC1)N(Cc1ccc(Br)cc1)C(=O)CN(c1ccc(Cl)cc1)S(C)(=O)=O. The van der Waals surface area contributed by atoms with Gasteiger partial charge in [0.2, 0.25) is 21.8 Å². The zero-order valence-corrected chi connectivity index (χ0v) is 22.4. The summed E-state index contributed by atoms with van der Waals surface area (Å²) in [7, 11) is -3.77. The molecular formula is C24H29BrClN3O4S. The second-order valence-corrected chi connectivity index (χ2v) is 11.8. The molecule has 2 aromatic carbocycles. The van der Waals surface area contributed by atoms with Crippen molar-refractivity contribution in [3.8, 4) is 0 Å². The molecule has 2 aromatic rings. The van der Waals surface area contributed by atoms with E-state index in [0.717, 1.165) is 46.3 Å². The Morgan fingerprint density at radius 3 is 2.24 bits per heavy atom. The molecule has 0 saturated heterocycles. The summed E-state index contributed by atoms with van der Waals surface area (Å²) in [5, 5.41) is 3.50. The van der Waals surface area contributed by atoms with Crippen LogP contribution in [0.4, 0.5) is 5.69 Å². The van der Waals surface area contributed by atoms with Crippen LogP contribution in [0.2, 0.25) is 5.02 Å². The molecule has 3 rings (SSSR count). The van der Waals surface area contributed by atoms with Crippen molar-refractivity contribution < 1.29 is 18.0 Å². The molecule has 184 valence electrons. The van der Waals surface area contributed by atoms with Gasteiger partial charge in [0.25, 0.3) is 0 Å². The molecule has 0 aliphatic heterocycles. The van der Waals surface area contributed by atoms with Gasteiger partial charge in [-0.3, -0.25) is 13.9 Å². The third-order valence-corrected chi connectivity index (χ3v) is 7.85. The van der Waals surface area contributed by atoms with Gasteiger partial charge in [-0.15, -0.1) is 0 Å².